The molecule has 1 aliphatic rings. The smallest absolute Gasteiger partial charge is 0.265 e. The van der Waals surface area contributed by atoms with Gasteiger partial charge in [0.05, 0.1) is 23.9 Å². The number of Topliss-reactive ketones (excluding diaryl/α,β-unsaturated/α-hetero) is 1. The minimum absolute atomic E-state index is 0.0179. The first kappa shape index (κ1) is 22.5. The van der Waals surface area contributed by atoms with Gasteiger partial charge in [-0.15, -0.1) is 11.3 Å². The zero-order chi connectivity index (χ0) is 24.0. The van der Waals surface area contributed by atoms with Gasteiger partial charge in [-0.2, -0.15) is 0 Å². The summed E-state index contributed by atoms with van der Waals surface area (Å²) in [7, 11) is 0. The second kappa shape index (κ2) is 8.81. The topological polar surface area (TPSA) is 81.5 Å². The molecule has 0 unspecified atom stereocenters. The Morgan fingerprint density at radius 3 is 2.68 bits per heavy atom. The molecule has 0 fully saturated rings. The standard InChI is InChI=1S/C25H20BrN3O4S/c1-3-29-18-10-16(6-9-20(18)33-12-21(29)31)19(30)11-28-13-27-24-23(25(28)32)22(14(2)34-24)15-4-7-17(26)8-5-15/h4-10,13H,3,11-12H2,1-2H3. The highest BCUT2D eigenvalue weighted by Crippen LogP contribution is 2.36. The first-order valence-corrected chi connectivity index (χ1v) is 12.3. The van der Waals surface area contributed by atoms with Crippen molar-refractivity contribution in [1.29, 1.82) is 0 Å². The molecule has 0 radical (unpaired) electrons. The molecule has 34 heavy (non-hydrogen) atoms. The van der Waals surface area contributed by atoms with Crippen LogP contribution in [0.5, 0.6) is 5.75 Å². The lowest BCUT2D eigenvalue weighted by Gasteiger charge is -2.28. The Balaban J connectivity index is 1.52. The van der Waals surface area contributed by atoms with E-state index in [0.717, 1.165) is 20.5 Å². The third kappa shape index (κ3) is 3.84. The number of hydrogen-bond acceptors (Lipinski definition) is 6. The van der Waals surface area contributed by atoms with Gasteiger partial charge >= 0.3 is 0 Å². The van der Waals surface area contributed by atoms with E-state index in [9.17, 15) is 14.4 Å². The minimum Gasteiger partial charge on any atom is -0.482 e. The van der Waals surface area contributed by atoms with E-state index < -0.39 is 0 Å². The molecular formula is C25H20BrN3O4S. The largest absolute Gasteiger partial charge is 0.482 e. The van der Waals surface area contributed by atoms with Crippen LogP contribution >= 0.6 is 27.3 Å². The SMILES string of the molecule is CCN1C(=O)COc2ccc(C(=O)Cn3cnc4sc(C)c(-c5ccc(Br)cc5)c4c3=O)cc21. The molecule has 7 nitrogen and oxygen atoms in total. The number of halogens is 1. The Morgan fingerprint density at radius 2 is 1.94 bits per heavy atom. The van der Waals surface area contributed by atoms with Crippen molar-refractivity contribution in [2.24, 2.45) is 0 Å². The molecule has 0 spiro atoms. The van der Waals surface area contributed by atoms with E-state index in [-0.39, 0.29) is 30.4 Å². The predicted octanol–water partition coefficient (Wildman–Crippen LogP) is 4.82. The summed E-state index contributed by atoms with van der Waals surface area (Å²) in [6.45, 7) is 4.14. The van der Waals surface area contributed by atoms with E-state index in [1.165, 1.54) is 22.2 Å². The number of ketones is 1. The average Bonchev–Trinajstić information content (AvgIpc) is 3.17. The van der Waals surface area contributed by atoms with Crippen LogP contribution in [0.3, 0.4) is 0 Å². The van der Waals surface area contributed by atoms with Gasteiger partial charge in [0, 0.05) is 27.0 Å². The van der Waals surface area contributed by atoms with E-state index in [4.69, 9.17) is 4.74 Å². The number of hydrogen-bond donors (Lipinski definition) is 0. The molecule has 0 bridgehead atoms. The number of carbonyl (C=O) groups excluding carboxylic acids is 2. The zero-order valence-corrected chi connectivity index (χ0v) is 20.9. The highest BCUT2D eigenvalue weighted by Gasteiger charge is 2.25. The predicted molar refractivity (Wildman–Crippen MR) is 136 cm³/mol. The van der Waals surface area contributed by atoms with Crippen LogP contribution in [-0.4, -0.2) is 34.4 Å². The van der Waals surface area contributed by atoms with E-state index >= 15 is 0 Å². The van der Waals surface area contributed by atoms with Crippen molar-refractivity contribution in [2.75, 3.05) is 18.1 Å². The monoisotopic (exact) mass is 537 g/mol. The molecule has 5 rings (SSSR count). The zero-order valence-electron chi connectivity index (χ0n) is 18.5. The number of thiophene rings is 1. The lowest BCUT2D eigenvalue weighted by molar-refractivity contribution is -0.121. The third-order valence-electron chi connectivity index (χ3n) is 5.84. The Bertz CT molecular complexity index is 1510. The van der Waals surface area contributed by atoms with Gasteiger partial charge in [0.2, 0.25) is 0 Å². The van der Waals surface area contributed by atoms with Gasteiger partial charge in [-0.3, -0.25) is 19.0 Å². The number of anilines is 1. The fraction of sp³-hybridized carbons (Fsp3) is 0.200. The van der Waals surface area contributed by atoms with Crippen molar-refractivity contribution in [3.63, 3.8) is 0 Å². The van der Waals surface area contributed by atoms with Crippen molar-refractivity contribution in [2.45, 2.75) is 20.4 Å². The van der Waals surface area contributed by atoms with Crippen LogP contribution in [0.1, 0.15) is 22.2 Å². The quantitative estimate of drug-likeness (QED) is 0.341. The van der Waals surface area contributed by atoms with Crippen LogP contribution < -0.4 is 15.2 Å². The summed E-state index contributed by atoms with van der Waals surface area (Å²) in [5, 5.41) is 0.515. The van der Waals surface area contributed by atoms with Crippen LogP contribution in [0.25, 0.3) is 21.3 Å². The number of benzene rings is 2. The molecule has 2 aromatic heterocycles. The molecule has 2 aromatic carbocycles. The number of nitrogens with zero attached hydrogens (tertiary/aromatic N) is 3. The molecule has 0 saturated carbocycles. The maximum absolute atomic E-state index is 13.4. The van der Waals surface area contributed by atoms with Crippen molar-refractivity contribution in [1.82, 2.24) is 9.55 Å². The number of carbonyl (C=O) groups is 2. The van der Waals surface area contributed by atoms with Crippen LogP contribution in [0.15, 0.2) is 58.1 Å². The summed E-state index contributed by atoms with van der Waals surface area (Å²) in [4.78, 5) is 46.4. The van der Waals surface area contributed by atoms with Crippen molar-refractivity contribution < 1.29 is 14.3 Å². The van der Waals surface area contributed by atoms with E-state index in [0.29, 0.717) is 33.8 Å². The number of rotatable bonds is 5. The van der Waals surface area contributed by atoms with Crippen molar-refractivity contribution >= 4 is 54.9 Å². The summed E-state index contributed by atoms with van der Waals surface area (Å²) >= 11 is 4.91. The maximum atomic E-state index is 13.4. The van der Waals surface area contributed by atoms with Crippen LogP contribution in [-0.2, 0) is 11.3 Å². The summed E-state index contributed by atoms with van der Waals surface area (Å²) in [5.74, 6) is 0.155. The minimum atomic E-state index is -0.257. The van der Waals surface area contributed by atoms with Crippen molar-refractivity contribution in [3.8, 4) is 16.9 Å². The second-order valence-corrected chi connectivity index (χ2v) is 10.0. The van der Waals surface area contributed by atoms with Gasteiger partial charge in [-0.1, -0.05) is 28.1 Å². The molecular weight excluding hydrogens is 518 g/mol. The molecule has 9 heteroatoms. The number of amides is 1. The lowest BCUT2D eigenvalue weighted by atomic mass is 10.0. The lowest BCUT2D eigenvalue weighted by Crippen LogP contribution is -2.38. The van der Waals surface area contributed by atoms with Gasteiger partial charge < -0.3 is 9.64 Å². The fourth-order valence-corrected chi connectivity index (χ4v) is 5.45. The summed E-state index contributed by atoms with van der Waals surface area (Å²) in [6.07, 6.45) is 1.42. The van der Waals surface area contributed by atoms with Gasteiger partial charge in [0.15, 0.2) is 12.4 Å². The molecule has 4 aromatic rings. The number of fused-ring (bicyclic) bond motifs is 2. The first-order chi connectivity index (χ1) is 16.4. The summed E-state index contributed by atoms with van der Waals surface area (Å²) in [5.41, 5.74) is 2.48. The molecule has 1 amide bonds. The molecule has 3 heterocycles. The van der Waals surface area contributed by atoms with Gasteiger partial charge in [-0.25, -0.2) is 4.98 Å². The molecule has 0 aliphatic carbocycles. The Labute approximate surface area is 207 Å². The Hall–Kier alpha value is -3.30. The van der Waals surface area contributed by atoms with Gasteiger partial charge in [0.1, 0.15) is 10.6 Å². The van der Waals surface area contributed by atoms with Gasteiger partial charge in [0.25, 0.3) is 11.5 Å². The van der Waals surface area contributed by atoms with Crippen LogP contribution in [0.4, 0.5) is 5.69 Å². The molecule has 0 saturated heterocycles. The number of ether oxygens (including phenoxy) is 1. The number of aromatic nitrogens is 2. The van der Waals surface area contributed by atoms with E-state index in [1.54, 1.807) is 23.1 Å². The fourth-order valence-electron chi connectivity index (χ4n) is 4.18. The third-order valence-corrected chi connectivity index (χ3v) is 7.38. The van der Waals surface area contributed by atoms with E-state index in [2.05, 4.69) is 20.9 Å². The Morgan fingerprint density at radius 1 is 1.18 bits per heavy atom. The summed E-state index contributed by atoms with van der Waals surface area (Å²) < 4.78 is 7.78. The maximum Gasteiger partial charge on any atom is 0.265 e. The highest BCUT2D eigenvalue weighted by atomic mass is 79.9. The second-order valence-electron chi connectivity index (χ2n) is 7.93. The van der Waals surface area contributed by atoms with Crippen LogP contribution in [0.2, 0.25) is 0 Å². The number of aryl methyl sites for hydroxylation is 1. The summed E-state index contributed by atoms with van der Waals surface area (Å²) in [6, 6.07) is 12.8. The molecule has 0 N–H and O–H groups in total. The Kier molecular flexibility index (Phi) is 5.83. The molecule has 172 valence electrons. The van der Waals surface area contributed by atoms with E-state index in [1.807, 2.05) is 38.1 Å². The van der Waals surface area contributed by atoms with Crippen LogP contribution in [0, 0.1) is 6.92 Å². The normalized spacial score (nSPS) is 13.1. The molecule has 0 atom stereocenters. The number of likely N-dealkylation sites (N-methyl/N-ethyl adjacent to an activating group) is 1. The molecule has 1 aliphatic heterocycles. The average molecular weight is 538 g/mol. The van der Waals surface area contributed by atoms with Crippen molar-refractivity contribution in [3.05, 3.63) is 74.1 Å². The first-order valence-electron chi connectivity index (χ1n) is 10.7. The highest BCUT2D eigenvalue weighted by molar-refractivity contribution is 9.10. The van der Waals surface area contributed by atoms with Gasteiger partial charge in [-0.05, 0) is 49.7 Å².